The van der Waals surface area contributed by atoms with Gasteiger partial charge in [0.2, 0.25) is 0 Å². The van der Waals surface area contributed by atoms with Crippen molar-refractivity contribution in [3.63, 3.8) is 0 Å². The number of nitrogens with zero attached hydrogens (tertiary/aromatic N) is 2. The summed E-state index contributed by atoms with van der Waals surface area (Å²) in [4.78, 5) is 9.40. The Labute approximate surface area is 211 Å². The number of ether oxygens (including phenoxy) is 1. The van der Waals surface area contributed by atoms with Gasteiger partial charge in [-0.1, -0.05) is 17.7 Å². The van der Waals surface area contributed by atoms with E-state index in [-0.39, 0.29) is 0 Å². The van der Waals surface area contributed by atoms with Crippen molar-refractivity contribution < 1.29 is 4.74 Å². The topological polar surface area (TPSA) is 72.0 Å². The van der Waals surface area contributed by atoms with Crippen LogP contribution in [0.3, 0.4) is 0 Å². The quantitative estimate of drug-likeness (QED) is 0.221. The Morgan fingerprint density at radius 2 is 0.972 bits per heavy atom. The fourth-order valence-corrected chi connectivity index (χ4v) is 3.58. The van der Waals surface area contributed by atoms with Gasteiger partial charge in [-0.25, -0.2) is 9.98 Å². The van der Waals surface area contributed by atoms with E-state index in [1.807, 2.05) is 121 Å². The fraction of sp³-hybridized carbons (Fsp3) is 0.0323. The summed E-state index contributed by atoms with van der Waals surface area (Å²) >= 11 is 0. The SMILES string of the molecule is Cc1ccc(Oc2ccc(N=C3C=CC(=Nc4ccc(Nc5ccc(N)cc5)cc4)C=C3)cc2)cc1. The van der Waals surface area contributed by atoms with Crippen molar-refractivity contribution >= 4 is 39.9 Å². The molecule has 1 aliphatic carbocycles. The molecule has 5 nitrogen and oxygen atoms in total. The number of hydrogen-bond acceptors (Lipinski definition) is 5. The molecular weight excluding hydrogens is 444 g/mol. The van der Waals surface area contributed by atoms with Gasteiger partial charge in [0.1, 0.15) is 11.5 Å². The molecule has 0 aromatic heterocycles. The lowest BCUT2D eigenvalue weighted by Gasteiger charge is -2.08. The second-order valence-electron chi connectivity index (χ2n) is 8.44. The zero-order valence-corrected chi connectivity index (χ0v) is 19.9. The third-order valence-electron chi connectivity index (χ3n) is 5.53. The maximum atomic E-state index is 5.89. The van der Waals surface area contributed by atoms with Crippen LogP contribution in [0.25, 0.3) is 0 Å². The number of aliphatic imine (C=N–C) groups is 2. The molecule has 4 aromatic rings. The summed E-state index contributed by atoms with van der Waals surface area (Å²) in [7, 11) is 0. The summed E-state index contributed by atoms with van der Waals surface area (Å²) in [5.41, 5.74) is 13.1. The van der Waals surface area contributed by atoms with E-state index in [1.165, 1.54) is 5.56 Å². The van der Waals surface area contributed by atoms with Gasteiger partial charge >= 0.3 is 0 Å². The zero-order chi connectivity index (χ0) is 24.7. The van der Waals surface area contributed by atoms with Crippen molar-refractivity contribution in [3.8, 4) is 11.5 Å². The van der Waals surface area contributed by atoms with Crippen molar-refractivity contribution in [1.29, 1.82) is 0 Å². The summed E-state index contributed by atoms with van der Waals surface area (Å²) in [5, 5.41) is 3.35. The number of allylic oxidation sites excluding steroid dienone is 4. The first kappa shape index (κ1) is 22.9. The van der Waals surface area contributed by atoms with E-state index in [9.17, 15) is 0 Å². The van der Waals surface area contributed by atoms with Crippen LogP contribution in [0.15, 0.2) is 131 Å². The Bertz CT molecular complexity index is 1310. The summed E-state index contributed by atoms with van der Waals surface area (Å²) in [6, 6.07) is 31.4. The van der Waals surface area contributed by atoms with Gasteiger partial charge in [-0.3, -0.25) is 0 Å². The van der Waals surface area contributed by atoms with Crippen LogP contribution in [0.5, 0.6) is 11.5 Å². The van der Waals surface area contributed by atoms with Crippen LogP contribution in [0.2, 0.25) is 0 Å². The molecule has 4 aromatic carbocycles. The molecule has 0 aliphatic heterocycles. The number of aryl methyl sites for hydroxylation is 1. The number of nitrogen functional groups attached to an aromatic ring is 1. The number of nitrogens with one attached hydrogen (secondary N) is 1. The smallest absolute Gasteiger partial charge is 0.127 e. The molecule has 3 N–H and O–H groups in total. The monoisotopic (exact) mass is 470 g/mol. The first-order valence-electron chi connectivity index (χ1n) is 11.7. The number of nitrogens with two attached hydrogens (primary N) is 1. The molecule has 0 saturated heterocycles. The van der Waals surface area contributed by atoms with Gasteiger partial charge in [0.15, 0.2) is 0 Å². The molecule has 0 saturated carbocycles. The molecule has 0 spiro atoms. The van der Waals surface area contributed by atoms with Gasteiger partial charge in [0.05, 0.1) is 22.8 Å². The highest BCUT2D eigenvalue weighted by Gasteiger charge is 2.03. The first-order chi connectivity index (χ1) is 17.6. The van der Waals surface area contributed by atoms with E-state index in [0.29, 0.717) is 0 Å². The highest BCUT2D eigenvalue weighted by atomic mass is 16.5. The molecule has 0 fully saturated rings. The van der Waals surface area contributed by atoms with Crippen LogP contribution in [0.4, 0.5) is 28.4 Å². The molecule has 36 heavy (non-hydrogen) atoms. The lowest BCUT2D eigenvalue weighted by molar-refractivity contribution is 0.482. The molecule has 0 heterocycles. The van der Waals surface area contributed by atoms with Crippen LogP contribution < -0.4 is 15.8 Å². The second kappa shape index (κ2) is 10.6. The lowest BCUT2D eigenvalue weighted by atomic mass is 10.1. The normalized spacial score (nSPS) is 12.4. The van der Waals surface area contributed by atoms with E-state index in [0.717, 1.165) is 51.4 Å². The Morgan fingerprint density at radius 3 is 1.47 bits per heavy atom. The predicted octanol–water partition coefficient (Wildman–Crippen LogP) is 8.08. The predicted molar refractivity (Wildman–Crippen MR) is 151 cm³/mol. The fourth-order valence-electron chi connectivity index (χ4n) is 3.58. The maximum Gasteiger partial charge on any atom is 0.127 e. The number of rotatable bonds is 6. The summed E-state index contributed by atoms with van der Waals surface area (Å²) in [6.07, 6.45) is 7.86. The van der Waals surface area contributed by atoms with Crippen LogP contribution in [0.1, 0.15) is 5.56 Å². The Balaban J connectivity index is 1.19. The van der Waals surface area contributed by atoms with Crippen molar-refractivity contribution in [2.75, 3.05) is 11.1 Å². The van der Waals surface area contributed by atoms with E-state index >= 15 is 0 Å². The largest absolute Gasteiger partial charge is 0.457 e. The van der Waals surface area contributed by atoms with Crippen molar-refractivity contribution in [3.05, 3.63) is 127 Å². The van der Waals surface area contributed by atoms with Crippen molar-refractivity contribution in [2.45, 2.75) is 6.92 Å². The minimum absolute atomic E-state index is 0.745. The minimum atomic E-state index is 0.745. The van der Waals surface area contributed by atoms with E-state index in [1.54, 1.807) is 0 Å². The molecule has 5 heteroatoms. The lowest BCUT2D eigenvalue weighted by Crippen LogP contribution is -1.99. The minimum Gasteiger partial charge on any atom is -0.457 e. The van der Waals surface area contributed by atoms with Crippen LogP contribution in [-0.2, 0) is 0 Å². The maximum absolute atomic E-state index is 5.89. The second-order valence-corrected chi connectivity index (χ2v) is 8.44. The third-order valence-corrected chi connectivity index (χ3v) is 5.53. The molecule has 0 atom stereocenters. The van der Waals surface area contributed by atoms with Gasteiger partial charge in [-0.2, -0.15) is 0 Å². The van der Waals surface area contributed by atoms with E-state index < -0.39 is 0 Å². The van der Waals surface area contributed by atoms with Crippen LogP contribution in [0, 0.1) is 6.92 Å². The van der Waals surface area contributed by atoms with Gasteiger partial charge in [-0.15, -0.1) is 0 Å². The van der Waals surface area contributed by atoms with Gasteiger partial charge < -0.3 is 15.8 Å². The molecule has 0 bridgehead atoms. The van der Waals surface area contributed by atoms with E-state index in [4.69, 9.17) is 20.5 Å². The molecular formula is C31H26N4O. The number of anilines is 3. The summed E-state index contributed by atoms with van der Waals surface area (Å²) in [5.74, 6) is 1.60. The van der Waals surface area contributed by atoms with Gasteiger partial charge in [0, 0.05) is 17.1 Å². The van der Waals surface area contributed by atoms with Gasteiger partial charge in [0.25, 0.3) is 0 Å². The number of benzene rings is 4. The Hall–Kier alpha value is -4.90. The van der Waals surface area contributed by atoms with E-state index in [2.05, 4.69) is 12.2 Å². The third kappa shape index (κ3) is 6.15. The molecule has 0 unspecified atom stereocenters. The standard InChI is InChI=1S/C31H26N4O/c1-22-2-18-30(19-3-22)36-31-20-16-29(17-21-31)35-28-14-12-27(13-15-28)34-26-10-8-25(9-11-26)33-24-6-4-23(32)5-7-24/h2-21,33H,32H2,1H3. The van der Waals surface area contributed by atoms with Crippen molar-refractivity contribution in [2.24, 2.45) is 9.98 Å². The van der Waals surface area contributed by atoms with Crippen molar-refractivity contribution in [1.82, 2.24) is 0 Å². The molecule has 176 valence electrons. The molecule has 0 amide bonds. The number of hydrogen-bond donors (Lipinski definition) is 2. The highest BCUT2D eigenvalue weighted by Crippen LogP contribution is 2.25. The Morgan fingerprint density at radius 1 is 0.556 bits per heavy atom. The van der Waals surface area contributed by atoms with Gasteiger partial charge in [-0.05, 0) is 116 Å². The summed E-state index contributed by atoms with van der Waals surface area (Å²) in [6.45, 7) is 2.06. The summed E-state index contributed by atoms with van der Waals surface area (Å²) < 4.78 is 5.89. The zero-order valence-electron chi connectivity index (χ0n) is 19.9. The van der Waals surface area contributed by atoms with Crippen LogP contribution in [-0.4, -0.2) is 11.4 Å². The Kier molecular flexibility index (Phi) is 6.72. The molecule has 1 aliphatic rings. The average Bonchev–Trinajstić information content (AvgIpc) is 2.90. The average molecular weight is 471 g/mol. The molecule has 5 rings (SSSR count). The molecule has 0 radical (unpaired) electrons. The first-order valence-corrected chi connectivity index (χ1v) is 11.7. The highest BCUT2D eigenvalue weighted by molar-refractivity contribution is 6.19. The van der Waals surface area contributed by atoms with Crippen LogP contribution >= 0.6 is 0 Å².